The summed E-state index contributed by atoms with van der Waals surface area (Å²) in [6.45, 7) is 1.73. The van der Waals surface area contributed by atoms with Gasteiger partial charge in [-0.15, -0.1) is 0 Å². The lowest BCUT2D eigenvalue weighted by molar-refractivity contribution is 0.310. The number of nitrogens with one attached hydrogen (secondary N) is 1. The Balaban J connectivity index is 1.63. The number of thioether (sulfide) groups is 1. The minimum atomic E-state index is 0.274. The number of benzene rings is 1. The molecule has 1 fully saturated rings. The van der Waals surface area contributed by atoms with E-state index < -0.39 is 0 Å². The maximum Gasteiger partial charge on any atom is 0.127 e. The van der Waals surface area contributed by atoms with Gasteiger partial charge in [-0.2, -0.15) is 11.8 Å². The van der Waals surface area contributed by atoms with Gasteiger partial charge in [-0.25, -0.2) is 0 Å². The van der Waals surface area contributed by atoms with Gasteiger partial charge in [-0.05, 0) is 30.7 Å². The molecule has 2 N–H and O–H groups in total. The monoisotopic (exact) mass is 251 g/mol. The number of fused-ring (bicyclic) bond motifs is 1. The molecule has 0 spiro atoms. The van der Waals surface area contributed by atoms with Crippen LogP contribution in [0.4, 0.5) is 0 Å². The number of phenolic OH excluding ortho intramolecular Hbond substituents is 1. The summed E-state index contributed by atoms with van der Waals surface area (Å²) < 4.78 is 5.58. The zero-order valence-corrected chi connectivity index (χ0v) is 10.5. The highest BCUT2D eigenvalue weighted by molar-refractivity contribution is 8.00. The first-order valence-corrected chi connectivity index (χ1v) is 7.18. The normalized spacial score (nSPS) is 26.8. The Bertz CT molecular complexity index is 404. The molecule has 1 saturated heterocycles. The van der Waals surface area contributed by atoms with Crippen LogP contribution in [0.1, 0.15) is 24.4 Å². The lowest BCUT2D eigenvalue weighted by Crippen LogP contribution is -2.28. The van der Waals surface area contributed by atoms with Crippen LogP contribution in [-0.2, 0) is 0 Å². The number of rotatable bonds is 3. The summed E-state index contributed by atoms with van der Waals surface area (Å²) in [6.07, 6.45) is 2.68. The third-order valence-electron chi connectivity index (χ3n) is 3.39. The van der Waals surface area contributed by atoms with Gasteiger partial charge in [-0.3, -0.25) is 0 Å². The summed E-state index contributed by atoms with van der Waals surface area (Å²) >= 11 is 2.07. The number of ether oxygens (including phenoxy) is 1. The van der Waals surface area contributed by atoms with Crippen molar-refractivity contribution in [2.75, 3.05) is 18.9 Å². The molecule has 2 aliphatic rings. The maximum atomic E-state index is 9.38. The molecule has 0 aliphatic carbocycles. The van der Waals surface area contributed by atoms with Gasteiger partial charge in [0.1, 0.15) is 18.1 Å². The molecule has 0 aromatic heterocycles. The number of hydrogen-bond donors (Lipinski definition) is 2. The van der Waals surface area contributed by atoms with Gasteiger partial charge < -0.3 is 15.2 Å². The predicted molar refractivity (Wildman–Crippen MR) is 69.8 cm³/mol. The van der Waals surface area contributed by atoms with Crippen molar-refractivity contribution in [2.45, 2.75) is 24.1 Å². The second-order valence-corrected chi connectivity index (χ2v) is 6.04. The molecule has 2 atom stereocenters. The van der Waals surface area contributed by atoms with Crippen molar-refractivity contribution in [1.82, 2.24) is 5.32 Å². The Morgan fingerprint density at radius 2 is 2.41 bits per heavy atom. The van der Waals surface area contributed by atoms with E-state index in [0.29, 0.717) is 6.61 Å². The fourth-order valence-corrected chi connectivity index (χ4v) is 3.66. The number of phenols is 1. The van der Waals surface area contributed by atoms with Crippen molar-refractivity contribution < 1.29 is 9.84 Å². The highest BCUT2D eigenvalue weighted by Gasteiger charge is 2.25. The Hall–Kier alpha value is -0.870. The molecule has 0 amide bonds. The van der Waals surface area contributed by atoms with Gasteiger partial charge in [0.2, 0.25) is 0 Å². The molecule has 0 bridgehead atoms. The van der Waals surface area contributed by atoms with E-state index in [1.807, 2.05) is 6.07 Å². The molecule has 2 unspecified atom stereocenters. The van der Waals surface area contributed by atoms with E-state index in [4.69, 9.17) is 4.74 Å². The first-order chi connectivity index (χ1) is 8.33. The van der Waals surface area contributed by atoms with Crippen molar-refractivity contribution in [1.29, 1.82) is 0 Å². The van der Waals surface area contributed by atoms with Crippen LogP contribution in [-0.4, -0.2) is 29.3 Å². The molecule has 0 saturated carbocycles. The molecule has 3 rings (SSSR count). The maximum absolute atomic E-state index is 9.38. The second kappa shape index (κ2) is 4.78. The van der Waals surface area contributed by atoms with Crippen LogP contribution in [0.15, 0.2) is 18.2 Å². The fraction of sp³-hybridized carbons (Fsp3) is 0.538. The summed E-state index contributed by atoms with van der Waals surface area (Å²) in [5.41, 5.74) is 1.17. The molecule has 3 nitrogen and oxygen atoms in total. The first kappa shape index (κ1) is 11.2. The zero-order valence-electron chi connectivity index (χ0n) is 9.69. The van der Waals surface area contributed by atoms with E-state index in [0.717, 1.165) is 17.5 Å². The third-order valence-corrected chi connectivity index (χ3v) is 4.79. The van der Waals surface area contributed by atoms with E-state index in [-0.39, 0.29) is 11.8 Å². The van der Waals surface area contributed by atoms with E-state index in [1.54, 1.807) is 12.1 Å². The molecule has 17 heavy (non-hydrogen) atoms. The van der Waals surface area contributed by atoms with E-state index in [9.17, 15) is 5.11 Å². The van der Waals surface area contributed by atoms with Crippen molar-refractivity contribution >= 4 is 11.8 Å². The van der Waals surface area contributed by atoms with Crippen LogP contribution in [0.3, 0.4) is 0 Å². The molecule has 2 heterocycles. The van der Waals surface area contributed by atoms with Crippen molar-refractivity contribution in [2.24, 2.45) is 0 Å². The lowest BCUT2D eigenvalue weighted by atomic mass is 10.1. The lowest BCUT2D eigenvalue weighted by Gasteiger charge is -2.15. The minimum Gasteiger partial charge on any atom is -0.508 e. The second-order valence-electron chi connectivity index (χ2n) is 4.63. The number of hydrogen-bond acceptors (Lipinski definition) is 4. The highest BCUT2D eigenvalue weighted by Crippen LogP contribution is 2.35. The minimum absolute atomic E-state index is 0.274. The predicted octanol–water partition coefficient (Wildman–Crippen LogP) is 2.31. The summed E-state index contributed by atoms with van der Waals surface area (Å²) in [5.74, 6) is 2.40. The van der Waals surface area contributed by atoms with Crippen LogP contribution >= 0.6 is 11.8 Å². The summed E-state index contributed by atoms with van der Waals surface area (Å²) in [5, 5.41) is 13.7. The molecule has 1 aromatic rings. The molecule has 4 heteroatoms. The van der Waals surface area contributed by atoms with Crippen LogP contribution in [0.2, 0.25) is 0 Å². The van der Waals surface area contributed by atoms with Crippen molar-refractivity contribution in [3.8, 4) is 11.5 Å². The van der Waals surface area contributed by atoms with E-state index in [2.05, 4.69) is 17.1 Å². The van der Waals surface area contributed by atoms with Crippen LogP contribution in [0.25, 0.3) is 0 Å². The molecule has 2 aliphatic heterocycles. The van der Waals surface area contributed by atoms with Crippen LogP contribution in [0, 0.1) is 0 Å². The third kappa shape index (κ3) is 2.38. The average Bonchev–Trinajstić information content (AvgIpc) is 2.94. The SMILES string of the molecule is Oc1ccc2c(c1)OCC2NCC1CCCS1. The quantitative estimate of drug-likeness (QED) is 0.865. The van der Waals surface area contributed by atoms with Gasteiger partial charge in [0, 0.05) is 23.4 Å². The summed E-state index contributed by atoms with van der Waals surface area (Å²) in [7, 11) is 0. The van der Waals surface area contributed by atoms with E-state index in [1.165, 1.54) is 24.2 Å². The van der Waals surface area contributed by atoms with Gasteiger partial charge in [0.05, 0.1) is 6.04 Å². The average molecular weight is 251 g/mol. The van der Waals surface area contributed by atoms with Crippen molar-refractivity contribution in [3.05, 3.63) is 23.8 Å². The highest BCUT2D eigenvalue weighted by atomic mass is 32.2. The van der Waals surface area contributed by atoms with Crippen LogP contribution in [0.5, 0.6) is 11.5 Å². The van der Waals surface area contributed by atoms with Gasteiger partial charge in [0.25, 0.3) is 0 Å². The Morgan fingerprint density at radius 3 is 3.24 bits per heavy atom. The van der Waals surface area contributed by atoms with Crippen molar-refractivity contribution in [3.63, 3.8) is 0 Å². The molecule has 92 valence electrons. The Morgan fingerprint density at radius 1 is 1.47 bits per heavy atom. The molecular weight excluding hydrogens is 234 g/mol. The topological polar surface area (TPSA) is 41.5 Å². The summed E-state index contributed by atoms with van der Waals surface area (Å²) in [4.78, 5) is 0. The fourth-order valence-electron chi connectivity index (χ4n) is 2.45. The molecular formula is C13H17NO2S. The van der Waals surface area contributed by atoms with Gasteiger partial charge in [-0.1, -0.05) is 0 Å². The Labute approximate surface area is 106 Å². The standard InChI is InChI=1S/C13H17NO2S/c15-9-3-4-11-12(8-16-13(11)6-9)14-7-10-2-1-5-17-10/h3-4,6,10,12,14-15H,1-2,5,7-8H2. The summed E-state index contributed by atoms with van der Waals surface area (Å²) in [6, 6.07) is 5.66. The molecule has 1 aromatic carbocycles. The number of aromatic hydroxyl groups is 1. The van der Waals surface area contributed by atoms with E-state index >= 15 is 0 Å². The smallest absolute Gasteiger partial charge is 0.127 e. The first-order valence-electron chi connectivity index (χ1n) is 6.13. The van der Waals surface area contributed by atoms with Crippen LogP contribution < -0.4 is 10.1 Å². The zero-order chi connectivity index (χ0) is 11.7. The van der Waals surface area contributed by atoms with Gasteiger partial charge >= 0.3 is 0 Å². The Kier molecular flexibility index (Phi) is 3.16. The molecule has 0 radical (unpaired) electrons. The largest absolute Gasteiger partial charge is 0.508 e. The van der Waals surface area contributed by atoms with Gasteiger partial charge in [0.15, 0.2) is 0 Å².